The van der Waals surface area contributed by atoms with Gasteiger partial charge in [0.1, 0.15) is 10.8 Å². The summed E-state index contributed by atoms with van der Waals surface area (Å²) in [5, 5.41) is 0.974. The zero-order chi connectivity index (χ0) is 16.9. The summed E-state index contributed by atoms with van der Waals surface area (Å²) in [6.07, 6.45) is 1.87. The van der Waals surface area contributed by atoms with E-state index in [1.54, 1.807) is 0 Å². The van der Waals surface area contributed by atoms with E-state index in [4.69, 9.17) is 21.1 Å². The van der Waals surface area contributed by atoms with Gasteiger partial charge in [0.05, 0.1) is 25.9 Å². The molecule has 0 N–H and O–H groups in total. The monoisotopic (exact) mass is 344 g/mol. The number of benzene rings is 1. The number of ether oxygens (including phenoxy) is 2. The number of hydrogen-bond acceptors (Lipinski definition) is 4. The van der Waals surface area contributed by atoms with Crippen LogP contribution < -0.4 is 0 Å². The van der Waals surface area contributed by atoms with Crippen molar-refractivity contribution in [3.63, 3.8) is 0 Å². The van der Waals surface area contributed by atoms with E-state index < -0.39 is 5.97 Å². The second-order valence-electron chi connectivity index (χ2n) is 5.27. The SMILES string of the molecule is COC(=O)c1cc(Cl)nc2c1ccn2CCOCc1ccccc1. The fraction of sp³-hybridized carbons (Fsp3) is 0.222. The van der Waals surface area contributed by atoms with Crippen molar-refractivity contribution in [3.05, 3.63) is 64.9 Å². The van der Waals surface area contributed by atoms with Crippen molar-refractivity contribution in [2.45, 2.75) is 13.2 Å². The molecule has 2 aromatic heterocycles. The van der Waals surface area contributed by atoms with Gasteiger partial charge in [0.25, 0.3) is 0 Å². The van der Waals surface area contributed by atoms with Crippen LogP contribution >= 0.6 is 11.6 Å². The molecule has 0 spiro atoms. The van der Waals surface area contributed by atoms with Crippen LogP contribution in [0.1, 0.15) is 15.9 Å². The quantitative estimate of drug-likeness (QED) is 0.389. The maximum atomic E-state index is 11.9. The molecule has 1 aromatic carbocycles. The Morgan fingerprint density at radius 3 is 2.79 bits per heavy atom. The molecular formula is C18H17ClN2O3. The molecular weight excluding hydrogens is 328 g/mol. The maximum absolute atomic E-state index is 11.9. The first-order valence-corrected chi connectivity index (χ1v) is 7.92. The van der Waals surface area contributed by atoms with Crippen molar-refractivity contribution in [1.29, 1.82) is 0 Å². The van der Waals surface area contributed by atoms with Crippen LogP contribution in [0.25, 0.3) is 11.0 Å². The number of hydrogen-bond donors (Lipinski definition) is 0. The van der Waals surface area contributed by atoms with Crippen molar-refractivity contribution in [3.8, 4) is 0 Å². The molecule has 24 heavy (non-hydrogen) atoms. The normalized spacial score (nSPS) is 10.9. The van der Waals surface area contributed by atoms with E-state index in [-0.39, 0.29) is 5.15 Å². The summed E-state index contributed by atoms with van der Waals surface area (Å²) in [6.45, 7) is 1.70. The Morgan fingerprint density at radius 2 is 2.04 bits per heavy atom. The van der Waals surface area contributed by atoms with Gasteiger partial charge >= 0.3 is 5.97 Å². The van der Waals surface area contributed by atoms with Gasteiger partial charge in [-0.2, -0.15) is 0 Å². The average molecular weight is 345 g/mol. The van der Waals surface area contributed by atoms with E-state index in [1.807, 2.05) is 47.2 Å². The molecule has 6 heteroatoms. The number of methoxy groups -OCH3 is 1. The van der Waals surface area contributed by atoms with Gasteiger partial charge in [-0.25, -0.2) is 9.78 Å². The Balaban J connectivity index is 1.71. The number of carbonyl (C=O) groups excluding carboxylic acids is 1. The number of pyridine rings is 1. The lowest BCUT2D eigenvalue weighted by molar-refractivity contribution is 0.0603. The topological polar surface area (TPSA) is 53.3 Å². The third-order valence-electron chi connectivity index (χ3n) is 3.69. The molecule has 0 aliphatic rings. The fourth-order valence-corrected chi connectivity index (χ4v) is 2.70. The summed E-state index contributed by atoms with van der Waals surface area (Å²) in [6, 6.07) is 13.3. The van der Waals surface area contributed by atoms with Crippen LogP contribution in [-0.4, -0.2) is 29.2 Å². The Morgan fingerprint density at radius 1 is 1.25 bits per heavy atom. The van der Waals surface area contributed by atoms with Gasteiger partial charge in [0, 0.05) is 18.1 Å². The van der Waals surface area contributed by atoms with E-state index >= 15 is 0 Å². The molecule has 0 fully saturated rings. The second kappa shape index (κ2) is 7.47. The standard InChI is InChI=1S/C18H17ClN2O3/c1-23-18(22)15-11-16(19)20-17-14(15)7-8-21(17)9-10-24-12-13-5-3-2-4-6-13/h2-8,11H,9-10,12H2,1H3. The summed E-state index contributed by atoms with van der Waals surface area (Å²) < 4.78 is 12.4. The number of aromatic nitrogens is 2. The third-order valence-corrected chi connectivity index (χ3v) is 3.89. The summed E-state index contributed by atoms with van der Waals surface area (Å²) in [7, 11) is 1.34. The van der Waals surface area contributed by atoms with E-state index in [2.05, 4.69) is 4.98 Å². The Kier molecular flexibility index (Phi) is 5.13. The van der Waals surface area contributed by atoms with Gasteiger partial charge in [-0.3, -0.25) is 0 Å². The predicted molar refractivity (Wildman–Crippen MR) is 92.2 cm³/mol. The van der Waals surface area contributed by atoms with E-state index in [0.29, 0.717) is 36.4 Å². The largest absolute Gasteiger partial charge is 0.465 e. The van der Waals surface area contributed by atoms with E-state index in [1.165, 1.54) is 13.2 Å². The van der Waals surface area contributed by atoms with Crippen LogP contribution in [0.5, 0.6) is 0 Å². The average Bonchev–Trinajstić information content (AvgIpc) is 3.01. The molecule has 3 rings (SSSR count). The first-order valence-electron chi connectivity index (χ1n) is 7.54. The Labute approximate surface area is 144 Å². The van der Waals surface area contributed by atoms with Crippen molar-refractivity contribution >= 4 is 28.6 Å². The van der Waals surface area contributed by atoms with Crippen molar-refractivity contribution in [2.24, 2.45) is 0 Å². The van der Waals surface area contributed by atoms with Crippen LogP contribution in [0, 0.1) is 0 Å². The van der Waals surface area contributed by atoms with Crippen LogP contribution in [0.4, 0.5) is 0 Å². The van der Waals surface area contributed by atoms with Crippen LogP contribution in [-0.2, 0) is 22.6 Å². The molecule has 0 aliphatic carbocycles. The highest BCUT2D eigenvalue weighted by atomic mass is 35.5. The summed E-state index contributed by atoms with van der Waals surface area (Å²) in [5.74, 6) is -0.428. The lowest BCUT2D eigenvalue weighted by atomic mass is 10.2. The van der Waals surface area contributed by atoms with Crippen molar-refractivity contribution < 1.29 is 14.3 Å². The molecule has 0 atom stereocenters. The van der Waals surface area contributed by atoms with Gasteiger partial charge in [0.2, 0.25) is 0 Å². The van der Waals surface area contributed by atoms with Gasteiger partial charge in [-0.1, -0.05) is 41.9 Å². The minimum Gasteiger partial charge on any atom is -0.465 e. The zero-order valence-corrected chi connectivity index (χ0v) is 14.0. The molecule has 0 radical (unpaired) electrons. The molecule has 2 heterocycles. The third kappa shape index (κ3) is 3.58. The zero-order valence-electron chi connectivity index (χ0n) is 13.2. The minimum absolute atomic E-state index is 0.257. The van der Waals surface area contributed by atoms with E-state index in [9.17, 15) is 4.79 Å². The van der Waals surface area contributed by atoms with Crippen LogP contribution in [0.15, 0.2) is 48.7 Å². The first-order chi connectivity index (χ1) is 11.7. The first kappa shape index (κ1) is 16.5. The number of nitrogens with zero attached hydrogens (tertiary/aromatic N) is 2. The lowest BCUT2D eigenvalue weighted by Gasteiger charge is -2.08. The second-order valence-corrected chi connectivity index (χ2v) is 5.66. The van der Waals surface area contributed by atoms with Crippen molar-refractivity contribution in [1.82, 2.24) is 9.55 Å². The number of fused-ring (bicyclic) bond motifs is 1. The maximum Gasteiger partial charge on any atom is 0.338 e. The minimum atomic E-state index is -0.428. The van der Waals surface area contributed by atoms with Crippen molar-refractivity contribution in [2.75, 3.05) is 13.7 Å². The lowest BCUT2D eigenvalue weighted by Crippen LogP contribution is -2.07. The smallest absolute Gasteiger partial charge is 0.338 e. The summed E-state index contributed by atoms with van der Waals surface area (Å²) >= 11 is 6.03. The molecule has 5 nitrogen and oxygen atoms in total. The molecule has 0 bridgehead atoms. The highest BCUT2D eigenvalue weighted by Gasteiger charge is 2.15. The Bertz CT molecular complexity index is 846. The molecule has 124 valence electrons. The van der Waals surface area contributed by atoms with Crippen LogP contribution in [0.3, 0.4) is 0 Å². The molecule has 3 aromatic rings. The number of esters is 1. The van der Waals surface area contributed by atoms with Gasteiger partial charge < -0.3 is 14.0 Å². The van der Waals surface area contributed by atoms with Crippen LogP contribution in [0.2, 0.25) is 5.15 Å². The number of rotatable bonds is 6. The molecule has 0 amide bonds. The molecule has 0 saturated carbocycles. The highest BCUT2D eigenvalue weighted by Crippen LogP contribution is 2.23. The molecule has 0 unspecified atom stereocenters. The molecule has 0 aliphatic heterocycles. The fourth-order valence-electron chi connectivity index (χ4n) is 2.52. The van der Waals surface area contributed by atoms with Gasteiger partial charge in [0.15, 0.2) is 0 Å². The number of halogens is 1. The van der Waals surface area contributed by atoms with E-state index in [0.717, 1.165) is 5.56 Å². The van der Waals surface area contributed by atoms with Gasteiger partial charge in [-0.15, -0.1) is 0 Å². The van der Waals surface area contributed by atoms with Gasteiger partial charge in [-0.05, 0) is 17.7 Å². The Hall–Kier alpha value is -2.37. The predicted octanol–water partition coefficient (Wildman–Crippen LogP) is 3.69. The summed E-state index contributed by atoms with van der Waals surface area (Å²) in [4.78, 5) is 16.2. The highest BCUT2D eigenvalue weighted by molar-refractivity contribution is 6.30. The molecule has 0 saturated heterocycles. The summed E-state index contributed by atoms with van der Waals surface area (Å²) in [5.41, 5.74) is 2.19. The number of carbonyl (C=O) groups is 1.